The minimum Gasteiger partial charge on any atom is -0.492 e. The molecule has 0 aromatic heterocycles. The van der Waals surface area contributed by atoms with Crippen LogP contribution >= 0.6 is 23.4 Å². The third-order valence-corrected chi connectivity index (χ3v) is 7.78. The van der Waals surface area contributed by atoms with Gasteiger partial charge in [0.15, 0.2) is 13.6 Å². The highest BCUT2D eigenvalue weighted by molar-refractivity contribution is 7.99. The van der Waals surface area contributed by atoms with E-state index in [0.29, 0.717) is 12.5 Å². The van der Waals surface area contributed by atoms with Gasteiger partial charge in [-0.2, -0.15) is 0 Å². The number of alkyl halides is 1. The molecule has 0 N–H and O–H groups in total. The highest BCUT2D eigenvalue weighted by atomic mass is 35.5. The Balaban J connectivity index is 1.72. The number of methoxy groups -OCH3 is 2. The molecule has 3 aromatic rings. The van der Waals surface area contributed by atoms with Crippen molar-refractivity contribution < 1.29 is 23.7 Å². The summed E-state index contributed by atoms with van der Waals surface area (Å²) in [5.41, 5.74) is 3.62. The van der Waals surface area contributed by atoms with E-state index in [0.717, 1.165) is 23.0 Å². The Bertz CT molecular complexity index is 1090. The average molecular weight is 515 g/mol. The Morgan fingerprint density at radius 1 is 0.829 bits per heavy atom. The lowest BCUT2D eigenvalue weighted by Crippen LogP contribution is -2.36. The summed E-state index contributed by atoms with van der Waals surface area (Å²) in [4.78, 5) is 1.23. The van der Waals surface area contributed by atoms with E-state index in [1.54, 1.807) is 14.2 Å². The largest absolute Gasteiger partial charge is 0.492 e. The molecule has 0 fully saturated rings. The molecule has 2 atom stereocenters. The van der Waals surface area contributed by atoms with Crippen LogP contribution in [0.2, 0.25) is 0 Å². The number of benzene rings is 3. The van der Waals surface area contributed by atoms with Crippen LogP contribution in [0.1, 0.15) is 29.5 Å². The third-order valence-electron chi connectivity index (χ3n) is 6.22. The molecule has 7 heteroatoms. The fourth-order valence-corrected chi connectivity index (χ4v) is 5.94. The molecule has 1 heterocycles. The molecule has 0 amide bonds. The Kier molecular flexibility index (Phi) is 8.84. The second-order valence-corrected chi connectivity index (χ2v) is 9.97. The lowest BCUT2D eigenvalue weighted by Gasteiger charge is -2.43. The van der Waals surface area contributed by atoms with Gasteiger partial charge >= 0.3 is 0 Å². The van der Waals surface area contributed by atoms with Crippen molar-refractivity contribution in [1.29, 1.82) is 0 Å². The fourth-order valence-electron chi connectivity index (χ4n) is 4.52. The fraction of sp³-hybridized carbons (Fsp3) is 0.357. The van der Waals surface area contributed by atoms with Crippen LogP contribution in [-0.4, -0.2) is 46.0 Å². The number of ether oxygens (including phenoxy) is 5. The number of halogens is 1. The molecule has 0 aliphatic carbocycles. The van der Waals surface area contributed by atoms with Crippen LogP contribution in [0.3, 0.4) is 0 Å². The standard InChI is InChI=1S/C28H31ClO5S/c1-28(21-6-10-23(11-7-21)33-18-30-2)17-35-26-16-24(34-19-31-3)12-13-25(26)27(28)20-4-8-22(9-5-20)32-15-14-29/h4-13,16,27H,14-15,17-19H2,1-3H3/t27?,28-/m1/s1. The Hall–Kier alpha value is -2.38. The van der Waals surface area contributed by atoms with E-state index >= 15 is 0 Å². The van der Waals surface area contributed by atoms with Gasteiger partial charge in [-0.25, -0.2) is 0 Å². The number of hydrogen-bond acceptors (Lipinski definition) is 6. The molecule has 3 aromatic carbocycles. The minimum atomic E-state index is -0.148. The van der Waals surface area contributed by atoms with E-state index in [2.05, 4.69) is 43.3 Å². The maximum atomic E-state index is 5.79. The first-order valence-corrected chi connectivity index (χ1v) is 13.0. The van der Waals surface area contributed by atoms with Crippen molar-refractivity contribution in [1.82, 2.24) is 0 Å². The van der Waals surface area contributed by atoms with Crippen molar-refractivity contribution in [2.75, 3.05) is 46.0 Å². The highest BCUT2D eigenvalue weighted by Crippen LogP contribution is 2.53. The molecule has 4 rings (SSSR count). The molecule has 0 bridgehead atoms. The lowest BCUT2D eigenvalue weighted by atomic mass is 9.67. The highest BCUT2D eigenvalue weighted by Gasteiger charge is 2.42. The number of hydrogen-bond donors (Lipinski definition) is 0. The van der Waals surface area contributed by atoms with E-state index in [1.165, 1.54) is 21.6 Å². The summed E-state index contributed by atoms with van der Waals surface area (Å²) in [6, 6.07) is 23.1. The minimum absolute atomic E-state index is 0.142. The van der Waals surface area contributed by atoms with Gasteiger partial charge < -0.3 is 23.7 Å². The summed E-state index contributed by atoms with van der Waals surface area (Å²) < 4.78 is 27.1. The van der Waals surface area contributed by atoms with Crippen molar-refractivity contribution in [3.63, 3.8) is 0 Å². The summed E-state index contributed by atoms with van der Waals surface area (Å²) in [5.74, 6) is 3.95. The molecule has 1 unspecified atom stereocenters. The molecular formula is C28H31ClO5S. The normalized spacial score (nSPS) is 19.1. The average Bonchev–Trinajstić information content (AvgIpc) is 2.90. The van der Waals surface area contributed by atoms with Crippen LogP contribution in [0.4, 0.5) is 0 Å². The molecule has 1 aliphatic heterocycles. The third kappa shape index (κ3) is 5.89. The maximum Gasteiger partial charge on any atom is 0.188 e. The summed E-state index contributed by atoms with van der Waals surface area (Å²) in [7, 11) is 3.25. The molecule has 5 nitrogen and oxygen atoms in total. The van der Waals surface area contributed by atoms with E-state index < -0.39 is 0 Å². The van der Waals surface area contributed by atoms with E-state index in [1.807, 2.05) is 42.1 Å². The SMILES string of the molecule is COCOc1ccc([C@@]2(C)CSc3cc(OCOC)ccc3C2c2ccc(OCCCl)cc2)cc1. The molecule has 0 saturated carbocycles. The lowest BCUT2D eigenvalue weighted by molar-refractivity contribution is 0.0508. The van der Waals surface area contributed by atoms with Crippen LogP contribution in [0.25, 0.3) is 0 Å². The number of fused-ring (bicyclic) bond motifs is 1. The maximum absolute atomic E-state index is 5.79. The van der Waals surface area contributed by atoms with Crippen molar-refractivity contribution in [3.8, 4) is 17.2 Å². The molecule has 1 aliphatic rings. The van der Waals surface area contributed by atoms with Crippen molar-refractivity contribution >= 4 is 23.4 Å². The first-order valence-electron chi connectivity index (χ1n) is 11.5. The summed E-state index contributed by atoms with van der Waals surface area (Å²) in [6.07, 6.45) is 0. The van der Waals surface area contributed by atoms with Crippen molar-refractivity contribution in [2.24, 2.45) is 0 Å². The monoisotopic (exact) mass is 514 g/mol. The van der Waals surface area contributed by atoms with Gasteiger partial charge in [0.1, 0.15) is 23.9 Å². The first kappa shape index (κ1) is 25.7. The molecule has 0 spiro atoms. The topological polar surface area (TPSA) is 46.2 Å². The van der Waals surface area contributed by atoms with Gasteiger partial charge in [0.05, 0.1) is 5.88 Å². The first-order chi connectivity index (χ1) is 17.1. The van der Waals surface area contributed by atoms with Crippen LogP contribution in [0, 0.1) is 0 Å². The van der Waals surface area contributed by atoms with Crippen LogP contribution < -0.4 is 14.2 Å². The predicted molar refractivity (Wildman–Crippen MR) is 140 cm³/mol. The molecule has 35 heavy (non-hydrogen) atoms. The van der Waals surface area contributed by atoms with Gasteiger partial charge in [-0.05, 0) is 53.1 Å². The summed E-state index contributed by atoms with van der Waals surface area (Å²) >= 11 is 7.65. The summed E-state index contributed by atoms with van der Waals surface area (Å²) in [5, 5.41) is 0. The zero-order valence-electron chi connectivity index (χ0n) is 20.3. The summed E-state index contributed by atoms with van der Waals surface area (Å²) in [6.45, 7) is 3.29. The second-order valence-electron chi connectivity index (χ2n) is 8.57. The molecule has 186 valence electrons. The van der Waals surface area contributed by atoms with Crippen LogP contribution in [0.15, 0.2) is 71.6 Å². The zero-order valence-corrected chi connectivity index (χ0v) is 21.9. The number of thioether (sulfide) groups is 1. The van der Waals surface area contributed by atoms with Crippen molar-refractivity contribution in [3.05, 3.63) is 83.4 Å². The Morgan fingerprint density at radius 3 is 2.09 bits per heavy atom. The van der Waals surface area contributed by atoms with Gasteiger partial charge in [-0.1, -0.05) is 37.3 Å². The van der Waals surface area contributed by atoms with Gasteiger partial charge in [0.2, 0.25) is 0 Å². The van der Waals surface area contributed by atoms with E-state index in [-0.39, 0.29) is 24.9 Å². The number of rotatable bonds is 11. The molecule has 0 radical (unpaired) electrons. The van der Waals surface area contributed by atoms with Crippen LogP contribution in [0.5, 0.6) is 17.2 Å². The van der Waals surface area contributed by atoms with Crippen molar-refractivity contribution in [2.45, 2.75) is 23.2 Å². The van der Waals surface area contributed by atoms with Gasteiger partial charge in [-0.15, -0.1) is 23.4 Å². The smallest absolute Gasteiger partial charge is 0.188 e. The molecular weight excluding hydrogens is 484 g/mol. The van der Waals surface area contributed by atoms with Crippen LogP contribution in [-0.2, 0) is 14.9 Å². The van der Waals surface area contributed by atoms with Gasteiger partial charge in [-0.3, -0.25) is 0 Å². The van der Waals surface area contributed by atoms with Gasteiger partial charge in [0, 0.05) is 36.2 Å². The zero-order chi connectivity index (χ0) is 24.7. The Morgan fingerprint density at radius 2 is 1.43 bits per heavy atom. The predicted octanol–water partition coefficient (Wildman–Crippen LogP) is 6.47. The Labute approximate surface area is 216 Å². The quantitative estimate of drug-likeness (QED) is 0.216. The van der Waals surface area contributed by atoms with Gasteiger partial charge in [0.25, 0.3) is 0 Å². The van der Waals surface area contributed by atoms with E-state index in [9.17, 15) is 0 Å². The molecule has 0 saturated heterocycles. The second kappa shape index (κ2) is 12.0. The van der Waals surface area contributed by atoms with E-state index in [4.69, 9.17) is 35.3 Å².